The Morgan fingerprint density at radius 2 is 1.03 bits per heavy atom. The van der Waals surface area contributed by atoms with E-state index >= 15 is 0 Å². The lowest BCUT2D eigenvalue weighted by atomic mass is 10.1. The highest BCUT2D eigenvalue weighted by Crippen LogP contribution is 2.65. The molecule has 0 bridgehead atoms. The second kappa shape index (κ2) is 10.5. The predicted molar refractivity (Wildman–Crippen MR) is 146 cm³/mol. The smallest absolute Gasteiger partial charge is 0.166 e. The molecule has 0 aromatic heterocycles. The zero-order valence-corrected chi connectivity index (χ0v) is 24.0. The number of alkyl halides is 6. The molecular weight excluding hydrogens is 524 g/mol. The van der Waals surface area contributed by atoms with Crippen molar-refractivity contribution in [2.45, 2.75) is 82.4 Å². The van der Waals surface area contributed by atoms with Crippen molar-refractivity contribution in [3.63, 3.8) is 0 Å². The molecule has 202 valence electrons. The third-order valence-corrected chi connectivity index (χ3v) is 13.2. The molecule has 3 rings (SSSR count). The molecule has 0 aliphatic heterocycles. The van der Waals surface area contributed by atoms with Crippen LogP contribution in [0.15, 0.2) is 72.3 Å². The minimum atomic E-state index is -4.46. The van der Waals surface area contributed by atoms with Crippen LogP contribution in [0.25, 0.3) is 0 Å². The number of allylic oxidation sites excluding steroid dienone is 4. The molecular formula is C29H34F6P2. The summed E-state index contributed by atoms with van der Waals surface area (Å²) in [4.78, 5) is 0. The quantitative estimate of drug-likeness (QED) is 0.253. The van der Waals surface area contributed by atoms with E-state index in [2.05, 4.69) is 60.6 Å². The summed E-state index contributed by atoms with van der Waals surface area (Å²) >= 11 is 0. The maximum absolute atomic E-state index is 13.3. The topological polar surface area (TPSA) is 0 Å². The molecule has 0 radical (unpaired) electrons. The van der Waals surface area contributed by atoms with Crippen LogP contribution in [0.4, 0.5) is 26.3 Å². The first-order chi connectivity index (χ1) is 16.8. The molecule has 0 saturated heterocycles. The molecule has 2 aromatic carbocycles. The lowest BCUT2D eigenvalue weighted by molar-refractivity contribution is -0.138. The number of benzene rings is 2. The zero-order chi connectivity index (χ0) is 28.0. The summed E-state index contributed by atoms with van der Waals surface area (Å²) in [7, 11) is -1.84. The van der Waals surface area contributed by atoms with E-state index in [1.54, 1.807) is 0 Å². The third-order valence-electron chi connectivity index (χ3n) is 6.46. The van der Waals surface area contributed by atoms with Crippen LogP contribution in [-0.2, 0) is 12.4 Å². The van der Waals surface area contributed by atoms with Gasteiger partial charge in [-0.3, -0.25) is 0 Å². The van der Waals surface area contributed by atoms with Crippen molar-refractivity contribution in [2.24, 2.45) is 0 Å². The maximum Gasteiger partial charge on any atom is 0.416 e. The molecule has 1 aliphatic carbocycles. The van der Waals surface area contributed by atoms with E-state index in [1.165, 1.54) is 29.8 Å². The van der Waals surface area contributed by atoms with Crippen LogP contribution < -0.4 is 10.6 Å². The minimum absolute atomic E-state index is 0.0481. The molecule has 37 heavy (non-hydrogen) atoms. The Morgan fingerprint density at radius 3 is 1.35 bits per heavy atom. The van der Waals surface area contributed by atoms with Crippen LogP contribution >= 0.6 is 15.8 Å². The lowest BCUT2D eigenvalue weighted by Crippen LogP contribution is -2.33. The van der Waals surface area contributed by atoms with Crippen LogP contribution in [0, 0.1) is 0 Å². The first kappa shape index (κ1) is 29.9. The first-order valence-electron chi connectivity index (χ1n) is 12.1. The van der Waals surface area contributed by atoms with Gasteiger partial charge in [-0.2, -0.15) is 26.3 Å². The van der Waals surface area contributed by atoms with Gasteiger partial charge in [-0.05, 0) is 58.8 Å². The number of hydrogen-bond acceptors (Lipinski definition) is 0. The van der Waals surface area contributed by atoms with Gasteiger partial charge >= 0.3 is 12.4 Å². The zero-order valence-electron chi connectivity index (χ0n) is 22.2. The second-order valence-corrected chi connectivity index (χ2v) is 17.9. The number of hydrogen-bond donors (Lipinski definition) is 0. The Bertz CT molecular complexity index is 1060. The van der Waals surface area contributed by atoms with Gasteiger partial charge in [0, 0.05) is 5.66 Å². The average Bonchev–Trinajstić information content (AvgIpc) is 3.21. The van der Waals surface area contributed by atoms with E-state index in [0.29, 0.717) is 10.6 Å². The van der Waals surface area contributed by atoms with Gasteiger partial charge < -0.3 is 0 Å². The van der Waals surface area contributed by atoms with Crippen molar-refractivity contribution in [1.29, 1.82) is 0 Å². The summed E-state index contributed by atoms with van der Waals surface area (Å²) in [6.45, 7) is 15.7. The standard InChI is InChI=1S/C29H34F6P2/c1-19(37(26(2,3)4)27(5,6)7)24-9-8-10-25(24)36(22-15-11-20(12-16-22)28(30,31)32)23-17-13-21(14-18-23)29(33,34)35/h8-19,25H,1-7H3/t19-,25?/m1/s1. The fourth-order valence-electron chi connectivity index (χ4n) is 5.51. The average molecular weight is 559 g/mol. The summed E-state index contributed by atoms with van der Waals surface area (Å²) in [6, 6.07) is 10.2. The van der Waals surface area contributed by atoms with Gasteiger partial charge in [0.05, 0.1) is 11.1 Å². The molecule has 0 saturated carbocycles. The second-order valence-electron chi connectivity index (χ2n) is 11.3. The Labute approximate surface area is 218 Å². The van der Waals surface area contributed by atoms with Crippen LogP contribution in [0.5, 0.6) is 0 Å². The van der Waals surface area contributed by atoms with E-state index in [4.69, 9.17) is 0 Å². The van der Waals surface area contributed by atoms with Crippen molar-refractivity contribution >= 4 is 26.5 Å². The van der Waals surface area contributed by atoms with Gasteiger partial charge in [0.25, 0.3) is 0 Å². The van der Waals surface area contributed by atoms with Gasteiger partial charge in [-0.15, -0.1) is 0 Å². The lowest BCUT2D eigenvalue weighted by Gasteiger charge is -2.47. The van der Waals surface area contributed by atoms with Crippen LogP contribution in [0.2, 0.25) is 0 Å². The van der Waals surface area contributed by atoms with Gasteiger partial charge in [0.2, 0.25) is 0 Å². The molecule has 0 nitrogen and oxygen atoms in total. The summed E-state index contributed by atoms with van der Waals surface area (Å²) < 4.78 is 79.6. The van der Waals surface area contributed by atoms with Crippen molar-refractivity contribution in [1.82, 2.24) is 0 Å². The number of rotatable bonds is 5. The van der Waals surface area contributed by atoms with Gasteiger partial charge in [0.1, 0.15) is 0 Å². The molecule has 0 spiro atoms. The van der Waals surface area contributed by atoms with E-state index in [9.17, 15) is 26.3 Å². The highest BCUT2D eigenvalue weighted by Gasteiger charge is 2.42. The molecule has 2 atom stereocenters. The van der Waals surface area contributed by atoms with Crippen LogP contribution in [-0.4, -0.2) is 21.6 Å². The molecule has 0 heterocycles. The van der Waals surface area contributed by atoms with Gasteiger partial charge in [-0.25, -0.2) is 0 Å². The minimum Gasteiger partial charge on any atom is -0.166 e. The Balaban J connectivity index is 2.11. The molecule has 1 aliphatic rings. The van der Waals surface area contributed by atoms with Crippen molar-refractivity contribution in [3.8, 4) is 0 Å². The SMILES string of the molecule is C[C@H](C1=CC=CC1P(c1ccc(C(F)(F)F)cc1)c1ccc(C(F)(F)F)cc1)P(C(C)(C)C)C(C)(C)C. The summed E-state index contributed by atoms with van der Waals surface area (Å²) in [5, 5.41) is 1.50. The first-order valence-corrected chi connectivity index (χ1v) is 15.0. The fourth-order valence-corrected chi connectivity index (χ4v) is 13.3. The Hall–Kier alpha value is -1.64. The molecule has 2 aromatic rings. The van der Waals surface area contributed by atoms with Crippen LogP contribution in [0.1, 0.15) is 59.6 Å². The van der Waals surface area contributed by atoms with Crippen molar-refractivity contribution in [2.75, 3.05) is 0 Å². The van der Waals surface area contributed by atoms with Gasteiger partial charge in [0.15, 0.2) is 0 Å². The van der Waals surface area contributed by atoms with Crippen LogP contribution in [0.3, 0.4) is 0 Å². The Kier molecular flexibility index (Phi) is 8.48. The molecule has 8 heteroatoms. The fraction of sp³-hybridized carbons (Fsp3) is 0.448. The summed E-state index contributed by atoms with van der Waals surface area (Å²) in [6.07, 6.45) is -2.77. The highest BCUT2D eigenvalue weighted by atomic mass is 31.1. The molecule has 0 amide bonds. The molecule has 0 N–H and O–H groups in total. The summed E-state index contributed by atoms with van der Waals surface area (Å²) in [5.41, 5.74) is -0.193. The van der Waals surface area contributed by atoms with Crippen molar-refractivity contribution in [3.05, 3.63) is 83.5 Å². The highest BCUT2D eigenvalue weighted by molar-refractivity contribution is 7.74. The molecule has 1 unspecified atom stereocenters. The normalized spacial score (nSPS) is 18.0. The van der Waals surface area contributed by atoms with E-state index in [0.717, 1.165) is 24.3 Å². The van der Waals surface area contributed by atoms with E-state index in [1.807, 2.05) is 6.08 Å². The van der Waals surface area contributed by atoms with E-state index < -0.39 is 39.3 Å². The predicted octanol–water partition coefficient (Wildman–Crippen LogP) is 9.49. The third kappa shape index (κ3) is 6.87. The van der Waals surface area contributed by atoms with E-state index in [-0.39, 0.29) is 21.6 Å². The molecule has 0 fully saturated rings. The van der Waals surface area contributed by atoms with Gasteiger partial charge in [-0.1, -0.05) is 104 Å². The maximum atomic E-state index is 13.3. The number of halogens is 6. The Morgan fingerprint density at radius 1 is 0.649 bits per heavy atom. The monoisotopic (exact) mass is 558 g/mol. The largest absolute Gasteiger partial charge is 0.416 e. The van der Waals surface area contributed by atoms with Crippen molar-refractivity contribution < 1.29 is 26.3 Å². The summed E-state index contributed by atoms with van der Waals surface area (Å²) in [5.74, 6) is 0.